The van der Waals surface area contributed by atoms with Gasteiger partial charge < -0.3 is 0 Å². The first kappa shape index (κ1) is 13.1. The van der Waals surface area contributed by atoms with Gasteiger partial charge in [0.1, 0.15) is 0 Å². The van der Waals surface area contributed by atoms with Gasteiger partial charge in [0.05, 0.1) is 0 Å². The van der Waals surface area contributed by atoms with Crippen LogP contribution in [0, 0.1) is 0 Å². The largest absolute Gasteiger partial charge is 0.293 e. The van der Waals surface area contributed by atoms with Gasteiger partial charge in [-0.1, -0.05) is 60.7 Å². The highest BCUT2D eigenvalue weighted by Crippen LogP contribution is 2.32. The summed E-state index contributed by atoms with van der Waals surface area (Å²) in [5.74, 6) is 0. The number of hydrogen-bond acceptors (Lipinski definition) is 2. The Bertz CT molecular complexity index is 528. The Morgan fingerprint density at radius 1 is 0.667 bits per heavy atom. The van der Waals surface area contributed by atoms with E-state index in [0.717, 1.165) is 25.2 Å². The summed E-state index contributed by atoms with van der Waals surface area (Å²) in [7, 11) is 0. The first-order chi connectivity index (χ1) is 10.4. The van der Waals surface area contributed by atoms with E-state index in [1.54, 1.807) is 0 Å². The van der Waals surface area contributed by atoms with Gasteiger partial charge in [-0.15, -0.1) is 0 Å². The molecule has 2 heterocycles. The fraction of sp³-hybridized carbons (Fsp3) is 0.368. The lowest BCUT2D eigenvalue weighted by atomic mass is 10.1. The summed E-state index contributed by atoms with van der Waals surface area (Å²) in [6.45, 7) is 4.68. The third kappa shape index (κ3) is 2.74. The minimum atomic E-state index is 0.749. The zero-order chi connectivity index (χ0) is 14.1. The minimum Gasteiger partial charge on any atom is -0.293 e. The van der Waals surface area contributed by atoms with Gasteiger partial charge in [-0.25, -0.2) is 0 Å². The maximum absolute atomic E-state index is 2.67. The summed E-state index contributed by atoms with van der Waals surface area (Å²) in [5.41, 5.74) is 2.89. The van der Waals surface area contributed by atoms with Crippen molar-refractivity contribution in [3.63, 3.8) is 0 Å². The molecular formula is C19H22N2. The van der Waals surface area contributed by atoms with Crippen molar-refractivity contribution in [2.75, 3.05) is 13.1 Å². The molecule has 0 saturated carbocycles. The van der Waals surface area contributed by atoms with Crippen LogP contribution in [0.15, 0.2) is 60.7 Å². The topological polar surface area (TPSA) is 6.48 Å². The van der Waals surface area contributed by atoms with Gasteiger partial charge in [0.25, 0.3) is 0 Å². The molecule has 108 valence electrons. The van der Waals surface area contributed by atoms with Crippen molar-refractivity contribution in [3.8, 4) is 0 Å². The van der Waals surface area contributed by atoms with Gasteiger partial charge >= 0.3 is 0 Å². The van der Waals surface area contributed by atoms with Crippen molar-refractivity contribution in [1.82, 2.24) is 9.80 Å². The van der Waals surface area contributed by atoms with Crippen LogP contribution < -0.4 is 0 Å². The van der Waals surface area contributed by atoms with Gasteiger partial charge in [0, 0.05) is 38.3 Å². The summed E-state index contributed by atoms with van der Waals surface area (Å²) in [6, 6.07) is 23.2. The molecule has 2 saturated heterocycles. The number of nitrogens with zero attached hydrogens (tertiary/aromatic N) is 2. The van der Waals surface area contributed by atoms with Crippen LogP contribution in [-0.4, -0.2) is 35.0 Å². The lowest BCUT2D eigenvalue weighted by molar-refractivity contribution is 0.118. The maximum Gasteiger partial charge on any atom is 0.0242 e. The highest BCUT2D eigenvalue weighted by Gasteiger charge is 2.42. The fourth-order valence-electron chi connectivity index (χ4n) is 3.85. The molecule has 0 amide bonds. The third-order valence-corrected chi connectivity index (χ3v) is 4.92. The summed E-state index contributed by atoms with van der Waals surface area (Å²) in [6.07, 6.45) is 1.35. The summed E-state index contributed by atoms with van der Waals surface area (Å²) in [4.78, 5) is 5.34. The molecule has 2 heteroatoms. The average Bonchev–Trinajstić information content (AvgIpc) is 3.09. The summed E-state index contributed by atoms with van der Waals surface area (Å²) >= 11 is 0. The second-order valence-electron chi connectivity index (χ2n) is 6.37. The van der Waals surface area contributed by atoms with E-state index in [1.807, 2.05) is 0 Å². The van der Waals surface area contributed by atoms with Crippen LogP contribution in [0.3, 0.4) is 0 Å². The molecule has 2 fully saturated rings. The van der Waals surface area contributed by atoms with Crippen molar-refractivity contribution in [2.45, 2.75) is 31.6 Å². The molecule has 2 aliphatic rings. The van der Waals surface area contributed by atoms with E-state index in [0.29, 0.717) is 0 Å². The van der Waals surface area contributed by atoms with Gasteiger partial charge in [-0.2, -0.15) is 0 Å². The number of benzene rings is 2. The average molecular weight is 278 g/mol. The molecule has 0 aliphatic carbocycles. The van der Waals surface area contributed by atoms with Gasteiger partial charge in [0.15, 0.2) is 0 Å². The maximum atomic E-state index is 2.67. The SMILES string of the molecule is c1ccc(CN2C[C@@H]3C[C@H]2CN3Cc2ccccc2)cc1. The summed E-state index contributed by atoms with van der Waals surface area (Å²) in [5, 5.41) is 0. The Morgan fingerprint density at radius 3 is 1.48 bits per heavy atom. The molecule has 0 spiro atoms. The fourth-order valence-corrected chi connectivity index (χ4v) is 3.85. The van der Waals surface area contributed by atoms with Crippen molar-refractivity contribution in [3.05, 3.63) is 71.8 Å². The van der Waals surface area contributed by atoms with E-state index >= 15 is 0 Å². The van der Waals surface area contributed by atoms with Gasteiger partial charge in [-0.05, 0) is 17.5 Å². The number of rotatable bonds is 4. The molecule has 0 radical (unpaired) electrons. The first-order valence-electron chi connectivity index (χ1n) is 7.94. The van der Waals surface area contributed by atoms with Crippen LogP contribution in [0.25, 0.3) is 0 Å². The van der Waals surface area contributed by atoms with Crippen molar-refractivity contribution in [2.24, 2.45) is 0 Å². The van der Waals surface area contributed by atoms with E-state index in [2.05, 4.69) is 70.5 Å². The standard InChI is InChI=1S/C19H22N2/c1-3-7-16(8-4-1)12-20-14-19-11-18(20)15-21(19)13-17-9-5-2-6-10-17/h1-10,18-19H,11-15H2/t18-,19-/m0/s1. The number of hydrogen-bond donors (Lipinski definition) is 0. The molecule has 2 aromatic rings. The molecule has 2 nitrogen and oxygen atoms in total. The van der Waals surface area contributed by atoms with Crippen LogP contribution in [0.2, 0.25) is 0 Å². The minimum absolute atomic E-state index is 0.749. The Labute approximate surface area is 127 Å². The van der Waals surface area contributed by atoms with Crippen molar-refractivity contribution < 1.29 is 0 Å². The zero-order valence-corrected chi connectivity index (χ0v) is 12.4. The molecule has 2 aromatic carbocycles. The van der Waals surface area contributed by atoms with Crippen LogP contribution in [0.4, 0.5) is 0 Å². The molecule has 4 rings (SSSR count). The molecule has 21 heavy (non-hydrogen) atoms. The van der Waals surface area contributed by atoms with Crippen molar-refractivity contribution in [1.29, 1.82) is 0 Å². The molecule has 0 aromatic heterocycles. The molecule has 0 unspecified atom stereocenters. The monoisotopic (exact) mass is 278 g/mol. The van der Waals surface area contributed by atoms with Gasteiger partial charge in [-0.3, -0.25) is 9.80 Å². The van der Waals surface area contributed by atoms with Crippen LogP contribution in [0.5, 0.6) is 0 Å². The number of likely N-dealkylation sites (tertiary alicyclic amines) is 2. The smallest absolute Gasteiger partial charge is 0.0242 e. The Balaban J connectivity index is 1.37. The normalized spacial score (nSPS) is 25.5. The van der Waals surface area contributed by atoms with Crippen LogP contribution in [-0.2, 0) is 13.1 Å². The molecule has 2 atom stereocenters. The number of fused-ring (bicyclic) bond motifs is 2. The quantitative estimate of drug-likeness (QED) is 0.847. The second-order valence-corrected chi connectivity index (χ2v) is 6.37. The highest BCUT2D eigenvalue weighted by atomic mass is 15.3. The molecule has 0 N–H and O–H groups in total. The first-order valence-corrected chi connectivity index (χ1v) is 7.94. The van der Waals surface area contributed by atoms with Gasteiger partial charge in [0.2, 0.25) is 0 Å². The zero-order valence-electron chi connectivity index (χ0n) is 12.4. The third-order valence-electron chi connectivity index (χ3n) is 4.92. The molecule has 2 aliphatic heterocycles. The Kier molecular flexibility index (Phi) is 3.50. The Hall–Kier alpha value is -1.64. The van der Waals surface area contributed by atoms with E-state index in [1.165, 1.54) is 30.6 Å². The van der Waals surface area contributed by atoms with E-state index in [9.17, 15) is 0 Å². The van der Waals surface area contributed by atoms with E-state index in [-0.39, 0.29) is 0 Å². The predicted molar refractivity (Wildman–Crippen MR) is 85.9 cm³/mol. The highest BCUT2D eigenvalue weighted by molar-refractivity contribution is 5.17. The second kappa shape index (κ2) is 5.63. The number of piperazine rings is 1. The van der Waals surface area contributed by atoms with Crippen molar-refractivity contribution >= 4 is 0 Å². The van der Waals surface area contributed by atoms with Crippen LogP contribution >= 0.6 is 0 Å². The summed E-state index contributed by atoms with van der Waals surface area (Å²) < 4.78 is 0. The predicted octanol–water partition coefficient (Wildman–Crippen LogP) is 3.15. The Morgan fingerprint density at radius 2 is 1.10 bits per heavy atom. The lowest BCUT2D eigenvalue weighted by Gasteiger charge is -2.34. The van der Waals surface area contributed by atoms with E-state index < -0.39 is 0 Å². The lowest BCUT2D eigenvalue weighted by Crippen LogP contribution is -2.45. The molecular weight excluding hydrogens is 256 g/mol. The van der Waals surface area contributed by atoms with E-state index in [4.69, 9.17) is 0 Å². The molecule has 2 bridgehead atoms. The van der Waals surface area contributed by atoms with Crippen LogP contribution in [0.1, 0.15) is 17.5 Å².